The number of aromatic nitrogens is 1. The van der Waals surface area contributed by atoms with Crippen LogP contribution in [0.25, 0.3) is 11.3 Å². The van der Waals surface area contributed by atoms with Gasteiger partial charge in [0.1, 0.15) is 6.61 Å². The van der Waals surface area contributed by atoms with Gasteiger partial charge in [-0.2, -0.15) is 0 Å². The molecule has 1 unspecified atom stereocenters. The van der Waals surface area contributed by atoms with Crippen LogP contribution >= 0.6 is 0 Å². The molecule has 0 bridgehead atoms. The van der Waals surface area contributed by atoms with Crippen LogP contribution in [0.5, 0.6) is 11.6 Å². The van der Waals surface area contributed by atoms with Gasteiger partial charge in [0, 0.05) is 19.0 Å². The number of hydrogen-bond donors (Lipinski definition) is 0. The van der Waals surface area contributed by atoms with Crippen molar-refractivity contribution in [2.45, 2.75) is 39.1 Å². The smallest absolute Gasteiger partial charge is 0.230 e. The first kappa shape index (κ1) is 20.2. The Bertz CT molecular complexity index is 1040. The van der Waals surface area contributed by atoms with Gasteiger partial charge in [0.25, 0.3) is 0 Å². The van der Waals surface area contributed by atoms with Gasteiger partial charge in [0.15, 0.2) is 5.75 Å². The summed E-state index contributed by atoms with van der Waals surface area (Å²) in [5.74, 6) is 0.861. The fourth-order valence-electron chi connectivity index (χ4n) is 3.76. The molecule has 0 saturated carbocycles. The van der Waals surface area contributed by atoms with E-state index in [1.807, 2.05) is 72.3 Å². The monoisotopic (exact) mass is 405 g/mol. The Balaban J connectivity index is 1.77. The van der Waals surface area contributed by atoms with Crippen LogP contribution in [0.2, 0.25) is 0 Å². The highest BCUT2D eigenvalue weighted by atomic mass is 16.7. The third-order valence-corrected chi connectivity index (χ3v) is 5.38. The molecule has 1 saturated heterocycles. The van der Waals surface area contributed by atoms with E-state index in [2.05, 4.69) is 0 Å². The third-order valence-electron chi connectivity index (χ3n) is 5.38. The summed E-state index contributed by atoms with van der Waals surface area (Å²) < 4.78 is 19.9. The van der Waals surface area contributed by atoms with Gasteiger partial charge in [-0.1, -0.05) is 60.7 Å². The van der Waals surface area contributed by atoms with E-state index in [-0.39, 0.29) is 11.7 Å². The van der Waals surface area contributed by atoms with E-state index in [0.29, 0.717) is 36.1 Å². The zero-order chi connectivity index (χ0) is 20.9. The van der Waals surface area contributed by atoms with E-state index in [1.165, 1.54) is 0 Å². The Kier molecular flexibility index (Phi) is 6.19. The minimum atomic E-state index is -0.331. The molecule has 2 heterocycles. The quantitative estimate of drug-likeness (QED) is 0.589. The molecule has 4 rings (SSSR count). The van der Waals surface area contributed by atoms with Crippen molar-refractivity contribution in [2.24, 2.45) is 7.05 Å². The van der Waals surface area contributed by atoms with Gasteiger partial charge in [-0.3, -0.25) is 4.79 Å². The molecule has 1 fully saturated rings. The molecule has 0 N–H and O–H groups in total. The number of benzene rings is 2. The van der Waals surface area contributed by atoms with E-state index in [1.54, 1.807) is 6.92 Å². The van der Waals surface area contributed by atoms with Crippen molar-refractivity contribution in [2.75, 3.05) is 6.61 Å². The predicted molar refractivity (Wildman–Crippen MR) is 117 cm³/mol. The standard InChI is InChI=1S/C25H27NO4/c1-18-23(27)24(29-17-19-11-5-3-6-12-19)22(20-13-7-4-8-14-20)26(2)25(18)30-21-15-9-10-16-28-21/h3-8,11-14,21H,9-10,15-17H2,1-2H3. The lowest BCUT2D eigenvalue weighted by Gasteiger charge is -2.27. The van der Waals surface area contributed by atoms with Crippen molar-refractivity contribution < 1.29 is 14.2 Å². The Morgan fingerprint density at radius 2 is 1.73 bits per heavy atom. The third kappa shape index (κ3) is 4.26. The van der Waals surface area contributed by atoms with Crippen LogP contribution in [0.4, 0.5) is 0 Å². The van der Waals surface area contributed by atoms with Gasteiger partial charge in [0.05, 0.1) is 17.9 Å². The zero-order valence-corrected chi connectivity index (χ0v) is 17.5. The van der Waals surface area contributed by atoms with Gasteiger partial charge >= 0.3 is 0 Å². The zero-order valence-electron chi connectivity index (χ0n) is 17.5. The molecule has 1 aromatic heterocycles. The molecule has 1 aliphatic heterocycles. The molecule has 156 valence electrons. The number of pyridine rings is 1. The van der Waals surface area contributed by atoms with Crippen LogP contribution < -0.4 is 14.9 Å². The van der Waals surface area contributed by atoms with Crippen LogP contribution in [-0.4, -0.2) is 17.5 Å². The van der Waals surface area contributed by atoms with Crippen LogP contribution in [-0.2, 0) is 18.4 Å². The van der Waals surface area contributed by atoms with Gasteiger partial charge in [-0.05, 0) is 25.3 Å². The van der Waals surface area contributed by atoms with Crippen LogP contribution in [0.3, 0.4) is 0 Å². The van der Waals surface area contributed by atoms with Crippen LogP contribution in [0, 0.1) is 6.92 Å². The second kappa shape index (κ2) is 9.18. The second-order valence-corrected chi connectivity index (χ2v) is 7.55. The Morgan fingerprint density at radius 1 is 1.03 bits per heavy atom. The summed E-state index contributed by atoms with van der Waals surface area (Å²) in [6, 6.07) is 19.6. The summed E-state index contributed by atoms with van der Waals surface area (Å²) in [4.78, 5) is 13.3. The molecule has 30 heavy (non-hydrogen) atoms. The van der Waals surface area contributed by atoms with Gasteiger partial charge in [-0.25, -0.2) is 0 Å². The van der Waals surface area contributed by atoms with E-state index < -0.39 is 0 Å². The number of ether oxygens (including phenoxy) is 3. The van der Waals surface area contributed by atoms with E-state index in [0.717, 1.165) is 30.4 Å². The number of hydrogen-bond acceptors (Lipinski definition) is 4. The van der Waals surface area contributed by atoms with Crippen LogP contribution in [0.1, 0.15) is 30.4 Å². The highest BCUT2D eigenvalue weighted by Crippen LogP contribution is 2.33. The topological polar surface area (TPSA) is 49.7 Å². The number of nitrogens with zero attached hydrogens (tertiary/aromatic N) is 1. The SMILES string of the molecule is Cc1c(OC2CCCCO2)n(C)c(-c2ccccc2)c(OCc2ccccc2)c1=O. The molecule has 0 spiro atoms. The van der Waals surface area contributed by atoms with Crippen molar-refractivity contribution in [1.29, 1.82) is 0 Å². The summed E-state index contributed by atoms with van der Waals surface area (Å²) >= 11 is 0. The maximum atomic E-state index is 13.3. The maximum Gasteiger partial charge on any atom is 0.230 e. The van der Waals surface area contributed by atoms with Crippen LogP contribution in [0.15, 0.2) is 65.5 Å². The first-order chi connectivity index (χ1) is 14.6. The summed E-state index contributed by atoms with van der Waals surface area (Å²) in [7, 11) is 1.91. The average Bonchev–Trinajstić information content (AvgIpc) is 2.80. The lowest BCUT2D eigenvalue weighted by Crippen LogP contribution is -2.28. The van der Waals surface area contributed by atoms with Crippen molar-refractivity contribution in [3.63, 3.8) is 0 Å². The van der Waals surface area contributed by atoms with Crippen molar-refractivity contribution >= 4 is 0 Å². The molecule has 5 heteroatoms. The maximum absolute atomic E-state index is 13.3. The normalized spacial score (nSPS) is 16.3. The average molecular weight is 405 g/mol. The van der Waals surface area contributed by atoms with Crippen molar-refractivity contribution in [3.8, 4) is 22.9 Å². The largest absolute Gasteiger partial charge is 0.483 e. The van der Waals surface area contributed by atoms with Crippen molar-refractivity contribution in [1.82, 2.24) is 4.57 Å². The van der Waals surface area contributed by atoms with Gasteiger partial charge in [0.2, 0.25) is 17.6 Å². The predicted octanol–water partition coefficient (Wildman–Crippen LogP) is 4.85. The van der Waals surface area contributed by atoms with E-state index in [9.17, 15) is 4.79 Å². The molecule has 2 aromatic carbocycles. The molecular weight excluding hydrogens is 378 g/mol. The van der Waals surface area contributed by atoms with Gasteiger partial charge in [-0.15, -0.1) is 0 Å². The first-order valence-corrected chi connectivity index (χ1v) is 10.4. The molecule has 3 aromatic rings. The van der Waals surface area contributed by atoms with Gasteiger partial charge < -0.3 is 18.8 Å². The Hall–Kier alpha value is -3.05. The summed E-state index contributed by atoms with van der Waals surface area (Å²) in [6.45, 7) is 2.79. The van der Waals surface area contributed by atoms with E-state index >= 15 is 0 Å². The molecule has 0 amide bonds. The molecule has 1 atom stereocenters. The molecule has 1 aliphatic rings. The Morgan fingerprint density at radius 3 is 2.40 bits per heavy atom. The molecular formula is C25H27NO4. The fourth-order valence-corrected chi connectivity index (χ4v) is 3.76. The summed E-state index contributed by atoms with van der Waals surface area (Å²) in [6.07, 6.45) is 2.59. The second-order valence-electron chi connectivity index (χ2n) is 7.55. The van der Waals surface area contributed by atoms with E-state index in [4.69, 9.17) is 14.2 Å². The first-order valence-electron chi connectivity index (χ1n) is 10.4. The van der Waals surface area contributed by atoms with Crippen molar-refractivity contribution in [3.05, 3.63) is 82.0 Å². The lowest BCUT2D eigenvalue weighted by molar-refractivity contribution is -0.109. The lowest BCUT2D eigenvalue weighted by atomic mass is 10.1. The Labute approximate surface area is 176 Å². The summed E-state index contributed by atoms with van der Waals surface area (Å²) in [5, 5.41) is 0. The molecule has 0 radical (unpaired) electrons. The minimum Gasteiger partial charge on any atom is -0.483 e. The molecule has 5 nitrogen and oxygen atoms in total. The minimum absolute atomic E-state index is 0.159. The summed E-state index contributed by atoms with van der Waals surface area (Å²) in [5.41, 5.74) is 2.97. The highest BCUT2D eigenvalue weighted by molar-refractivity contribution is 5.68. The highest BCUT2D eigenvalue weighted by Gasteiger charge is 2.24. The fraction of sp³-hybridized carbons (Fsp3) is 0.320. The molecule has 0 aliphatic carbocycles. The number of rotatable bonds is 6.